The second-order valence-corrected chi connectivity index (χ2v) is 10.9. The number of carbonyl (C=O) groups excluding carboxylic acids is 1. The Balaban J connectivity index is 2.10. The van der Waals surface area contributed by atoms with Crippen molar-refractivity contribution in [2.45, 2.75) is 13.3 Å². The van der Waals surface area contributed by atoms with Crippen LogP contribution < -0.4 is 4.74 Å². The van der Waals surface area contributed by atoms with Crippen LogP contribution in [0.1, 0.15) is 11.3 Å². The minimum absolute atomic E-state index is 0.171. The lowest BCUT2D eigenvalue weighted by molar-refractivity contribution is -0.142. The van der Waals surface area contributed by atoms with Gasteiger partial charge in [-0.15, -0.1) is 0 Å². The molecule has 5 heteroatoms. The molecule has 122 valence electrons. The molecule has 0 saturated heterocycles. The summed E-state index contributed by atoms with van der Waals surface area (Å²) >= 11 is 0. The Morgan fingerprint density at radius 3 is 2.64 bits per heavy atom. The van der Waals surface area contributed by atoms with E-state index in [0.29, 0.717) is 13.0 Å². The third kappa shape index (κ3) is 4.19. The van der Waals surface area contributed by atoms with E-state index < -0.39 is 10.0 Å². The Morgan fingerprint density at radius 1 is 1.27 bits per heavy atom. The lowest BCUT2D eigenvalue weighted by atomic mass is 10.1. The fourth-order valence-corrected chi connectivity index (χ4v) is 2.90. The van der Waals surface area contributed by atoms with Gasteiger partial charge in [0.2, 0.25) is 0 Å². The van der Waals surface area contributed by atoms with Crippen molar-refractivity contribution in [1.82, 2.24) is 4.98 Å². The van der Waals surface area contributed by atoms with Crippen molar-refractivity contribution in [1.29, 1.82) is 0 Å². The molecule has 2 aromatic rings. The predicted molar refractivity (Wildman–Crippen MR) is 94.5 cm³/mol. The summed E-state index contributed by atoms with van der Waals surface area (Å²) in [5.41, 5.74) is 3.00. The molecule has 0 saturated carbocycles. The highest BCUT2D eigenvalue weighted by Crippen LogP contribution is 2.33. The van der Waals surface area contributed by atoms with E-state index in [1.165, 1.54) is 0 Å². The molecule has 4 nitrogen and oxygen atoms in total. The summed E-state index contributed by atoms with van der Waals surface area (Å²) in [7, 11) is 1.01. The highest BCUT2D eigenvalue weighted by molar-refractivity contribution is 8.32. The summed E-state index contributed by atoms with van der Waals surface area (Å²) in [5, 5.41) is 1.02. The third-order valence-corrected chi connectivity index (χ3v) is 5.00. The first-order valence-corrected chi connectivity index (χ1v) is 10.3. The van der Waals surface area contributed by atoms with Gasteiger partial charge in [-0.25, -0.2) is 10.0 Å². The molecule has 0 unspecified atom stereocenters. The lowest BCUT2D eigenvalue weighted by Gasteiger charge is -2.24. The largest absolute Gasteiger partial charge is 0.497 e. The van der Waals surface area contributed by atoms with Crippen LogP contribution >= 0.6 is 10.0 Å². The molecule has 0 bridgehead atoms. The quantitative estimate of drug-likeness (QED) is 0.830. The van der Waals surface area contributed by atoms with Crippen LogP contribution in [0.5, 0.6) is 5.75 Å². The maximum Gasteiger partial charge on any atom is 0.310 e. The standard InChI is InChI=1S/C17H25NO3S/c1-12-14(11-17(19)21-8-9-22(3,4)5)15-10-13(20-2)6-7-16(15)18-12/h6-7,10,18H,8-9,11H2,1-5H3. The Kier molecular flexibility index (Phi) is 5.06. The summed E-state index contributed by atoms with van der Waals surface area (Å²) < 4.78 is 10.7. The molecule has 0 spiro atoms. The first-order valence-electron chi connectivity index (χ1n) is 7.27. The van der Waals surface area contributed by atoms with E-state index in [1.54, 1.807) is 7.11 Å². The summed E-state index contributed by atoms with van der Waals surface area (Å²) in [6.07, 6.45) is 6.95. The van der Waals surface area contributed by atoms with E-state index >= 15 is 0 Å². The van der Waals surface area contributed by atoms with Crippen LogP contribution in [-0.4, -0.2) is 49.2 Å². The first-order chi connectivity index (χ1) is 10.3. The molecule has 1 aromatic heterocycles. The van der Waals surface area contributed by atoms with Crippen LogP contribution in [0.3, 0.4) is 0 Å². The van der Waals surface area contributed by atoms with Crippen LogP contribution in [0.15, 0.2) is 18.2 Å². The van der Waals surface area contributed by atoms with Crippen LogP contribution in [-0.2, 0) is 16.0 Å². The molecule has 0 atom stereocenters. The van der Waals surface area contributed by atoms with E-state index in [9.17, 15) is 4.79 Å². The van der Waals surface area contributed by atoms with Crippen LogP contribution in [0.25, 0.3) is 10.9 Å². The summed E-state index contributed by atoms with van der Waals surface area (Å²) in [4.78, 5) is 15.4. The fraction of sp³-hybridized carbons (Fsp3) is 0.471. The Bertz CT molecular complexity index is 670. The molecular weight excluding hydrogens is 298 g/mol. The number of ether oxygens (including phenoxy) is 2. The van der Waals surface area contributed by atoms with E-state index in [0.717, 1.165) is 33.7 Å². The number of fused-ring (bicyclic) bond motifs is 1. The number of hydrogen-bond acceptors (Lipinski definition) is 3. The molecular formula is C17H25NO3S. The number of aromatic nitrogens is 1. The molecule has 1 aromatic carbocycles. The van der Waals surface area contributed by atoms with Crippen LogP contribution in [0, 0.1) is 6.92 Å². The van der Waals surface area contributed by atoms with Gasteiger partial charge in [-0.2, -0.15) is 0 Å². The van der Waals surface area contributed by atoms with Gasteiger partial charge in [0, 0.05) is 22.3 Å². The highest BCUT2D eigenvalue weighted by Gasteiger charge is 2.15. The van der Waals surface area contributed by atoms with Crippen molar-refractivity contribution >= 4 is 26.9 Å². The van der Waals surface area contributed by atoms with Crippen molar-refractivity contribution < 1.29 is 14.3 Å². The van der Waals surface area contributed by atoms with Gasteiger partial charge in [-0.05, 0) is 49.5 Å². The maximum absolute atomic E-state index is 12.1. The van der Waals surface area contributed by atoms with Gasteiger partial charge >= 0.3 is 5.97 Å². The van der Waals surface area contributed by atoms with Crippen molar-refractivity contribution in [3.05, 3.63) is 29.5 Å². The summed E-state index contributed by atoms with van der Waals surface area (Å²) in [5.74, 6) is 1.56. The van der Waals surface area contributed by atoms with E-state index in [2.05, 4.69) is 23.8 Å². The zero-order chi connectivity index (χ0) is 16.3. The molecule has 22 heavy (non-hydrogen) atoms. The molecule has 0 aliphatic rings. The Hall–Kier alpha value is -1.62. The number of nitrogens with one attached hydrogen (secondary N) is 1. The van der Waals surface area contributed by atoms with Crippen molar-refractivity contribution in [2.75, 3.05) is 38.2 Å². The van der Waals surface area contributed by atoms with Gasteiger partial charge in [0.1, 0.15) is 5.75 Å². The lowest BCUT2D eigenvalue weighted by Crippen LogP contribution is -2.14. The highest BCUT2D eigenvalue weighted by atomic mass is 32.3. The first kappa shape index (κ1) is 16.7. The average Bonchev–Trinajstić information content (AvgIpc) is 2.73. The number of aryl methyl sites for hydroxylation is 1. The number of esters is 1. The topological polar surface area (TPSA) is 51.3 Å². The van der Waals surface area contributed by atoms with Gasteiger partial charge < -0.3 is 14.5 Å². The van der Waals surface area contributed by atoms with E-state index in [4.69, 9.17) is 9.47 Å². The molecule has 1 heterocycles. The van der Waals surface area contributed by atoms with Gasteiger partial charge in [-0.1, -0.05) is 0 Å². The normalized spacial score (nSPS) is 12.4. The van der Waals surface area contributed by atoms with Gasteiger partial charge in [0.15, 0.2) is 0 Å². The summed E-state index contributed by atoms with van der Waals surface area (Å²) in [6.45, 7) is 2.48. The Morgan fingerprint density at radius 2 is 2.00 bits per heavy atom. The smallest absolute Gasteiger partial charge is 0.310 e. The summed E-state index contributed by atoms with van der Waals surface area (Å²) in [6, 6.07) is 5.84. The van der Waals surface area contributed by atoms with Crippen molar-refractivity contribution in [2.24, 2.45) is 0 Å². The maximum atomic E-state index is 12.1. The Labute approximate surface area is 133 Å². The molecule has 0 amide bonds. The van der Waals surface area contributed by atoms with E-state index in [-0.39, 0.29) is 5.97 Å². The van der Waals surface area contributed by atoms with Gasteiger partial charge in [-0.3, -0.25) is 4.79 Å². The second-order valence-electron chi connectivity index (χ2n) is 6.33. The fourth-order valence-electron chi connectivity index (χ4n) is 2.32. The second kappa shape index (κ2) is 6.65. The number of aromatic amines is 1. The number of rotatable bonds is 6. The van der Waals surface area contributed by atoms with Crippen LogP contribution in [0.4, 0.5) is 0 Å². The average molecular weight is 323 g/mol. The minimum atomic E-state index is -0.634. The molecule has 0 radical (unpaired) electrons. The van der Waals surface area contributed by atoms with Crippen LogP contribution in [0.2, 0.25) is 0 Å². The number of H-pyrrole nitrogens is 1. The van der Waals surface area contributed by atoms with Gasteiger partial charge in [0.25, 0.3) is 0 Å². The molecule has 0 aliphatic heterocycles. The SMILES string of the molecule is COc1ccc2[nH]c(C)c(CC(=O)OCCS(C)(C)C)c2c1. The van der Waals surface area contributed by atoms with Crippen molar-refractivity contribution in [3.8, 4) is 5.75 Å². The number of carbonyl (C=O) groups is 1. The number of hydrogen-bond donors (Lipinski definition) is 1. The third-order valence-electron chi connectivity index (χ3n) is 3.61. The molecule has 0 aliphatic carbocycles. The molecule has 0 fully saturated rings. The monoisotopic (exact) mass is 323 g/mol. The molecule has 2 rings (SSSR count). The van der Waals surface area contributed by atoms with Crippen molar-refractivity contribution in [3.63, 3.8) is 0 Å². The van der Waals surface area contributed by atoms with Gasteiger partial charge in [0.05, 0.1) is 20.1 Å². The number of benzene rings is 1. The molecule has 1 N–H and O–H groups in total. The van der Waals surface area contributed by atoms with E-state index in [1.807, 2.05) is 25.1 Å². The zero-order valence-electron chi connectivity index (χ0n) is 14.0. The predicted octanol–water partition coefficient (Wildman–Crippen LogP) is 3.26. The minimum Gasteiger partial charge on any atom is -0.497 e. The number of methoxy groups -OCH3 is 1. The zero-order valence-corrected chi connectivity index (χ0v) is 14.8.